The van der Waals surface area contributed by atoms with Crippen LogP contribution in [0.5, 0.6) is 0 Å². The fourth-order valence-electron chi connectivity index (χ4n) is 1.68. The van der Waals surface area contributed by atoms with Gasteiger partial charge in [0.15, 0.2) is 0 Å². The van der Waals surface area contributed by atoms with E-state index in [-0.39, 0.29) is 11.3 Å². The number of nitro benzene ring substituents is 1. The van der Waals surface area contributed by atoms with E-state index in [1.165, 1.54) is 24.3 Å². The van der Waals surface area contributed by atoms with Gasteiger partial charge in [-0.1, -0.05) is 23.7 Å². The van der Waals surface area contributed by atoms with Gasteiger partial charge in [-0.15, -0.1) is 0 Å². The van der Waals surface area contributed by atoms with E-state index in [4.69, 9.17) is 11.6 Å². The first-order valence-corrected chi connectivity index (χ1v) is 6.05. The van der Waals surface area contributed by atoms with Gasteiger partial charge in [0.2, 0.25) is 0 Å². The zero-order valence-corrected chi connectivity index (χ0v) is 11.2. The number of pyridine rings is 1. The number of hydrogen-bond donors (Lipinski definition) is 1. The molecule has 0 bridgehead atoms. The minimum Gasteiger partial charge on any atom is -0.320 e. The lowest BCUT2D eigenvalue weighted by Gasteiger charge is -2.08. The molecule has 0 saturated carbocycles. The summed E-state index contributed by atoms with van der Waals surface area (Å²) < 4.78 is 0. The Morgan fingerprint density at radius 3 is 2.65 bits per heavy atom. The Bertz CT molecular complexity index is 688. The quantitative estimate of drug-likeness (QED) is 0.534. The van der Waals surface area contributed by atoms with Gasteiger partial charge in [0.25, 0.3) is 11.6 Å². The summed E-state index contributed by atoms with van der Waals surface area (Å²) in [5.74, 6) is -0.565. The maximum atomic E-state index is 12.1. The molecule has 1 heterocycles. The molecule has 0 aliphatic carbocycles. The van der Waals surface area contributed by atoms with Crippen LogP contribution in [0.3, 0.4) is 0 Å². The van der Waals surface area contributed by atoms with Crippen LogP contribution in [-0.2, 0) is 0 Å². The zero-order chi connectivity index (χ0) is 14.7. The van der Waals surface area contributed by atoms with E-state index in [0.29, 0.717) is 16.5 Å². The lowest BCUT2D eigenvalue weighted by molar-refractivity contribution is -0.385. The number of halogens is 1. The number of rotatable bonds is 3. The second-order valence-electron chi connectivity index (χ2n) is 4.00. The second kappa shape index (κ2) is 5.66. The lowest BCUT2D eigenvalue weighted by Crippen LogP contribution is -2.15. The first kappa shape index (κ1) is 14.0. The monoisotopic (exact) mass is 291 g/mol. The predicted molar refractivity (Wildman–Crippen MR) is 75.0 cm³/mol. The molecule has 7 heteroatoms. The van der Waals surface area contributed by atoms with Gasteiger partial charge in [-0.3, -0.25) is 14.9 Å². The molecule has 1 amide bonds. The molecule has 102 valence electrons. The minimum atomic E-state index is -0.595. The van der Waals surface area contributed by atoms with Crippen molar-refractivity contribution < 1.29 is 9.72 Å². The summed E-state index contributed by atoms with van der Waals surface area (Å²) in [5.41, 5.74) is 0.735. The van der Waals surface area contributed by atoms with E-state index in [0.717, 1.165) is 0 Å². The van der Waals surface area contributed by atoms with E-state index >= 15 is 0 Å². The summed E-state index contributed by atoms with van der Waals surface area (Å²) in [4.78, 5) is 26.4. The van der Waals surface area contributed by atoms with Gasteiger partial charge in [-0.05, 0) is 25.1 Å². The third-order valence-corrected chi connectivity index (χ3v) is 2.86. The Morgan fingerprint density at radius 2 is 2.00 bits per heavy atom. The SMILES string of the molecule is Cc1nc(Cl)ccc1NC(=O)c1ccccc1[N+](=O)[O-]. The summed E-state index contributed by atoms with van der Waals surface area (Å²) in [6, 6.07) is 8.87. The van der Waals surface area contributed by atoms with Crippen LogP contribution in [-0.4, -0.2) is 15.8 Å². The van der Waals surface area contributed by atoms with Crippen LogP contribution in [0.25, 0.3) is 0 Å². The number of benzene rings is 1. The van der Waals surface area contributed by atoms with Crippen LogP contribution in [0.2, 0.25) is 5.15 Å². The molecule has 0 saturated heterocycles. The Kier molecular flexibility index (Phi) is 3.95. The Labute approximate surface area is 119 Å². The van der Waals surface area contributed by atoms with Crippen molar-refractivity contribution in [3.8, 4) is 0 Å². The Balaban J connectivity index is 2.31. The van der Waals surface area contributed by atoms with Crippen molar-refractivity contribution >= 4 is 28.9 Å². The average Bonchev–Trinajstić information content (AvgIpc) is 2.41. The van der Waals surface area contributed by atoms with Crippen LogP contribution in [0.15, 0.2) is 36.4 Å². The van der Waals surface area contributed by atoms with Crippen molar-refractivity contribution in [3.63, 3.8) is 0 Å². The number of hydrogen-bond acceptors (Lipinski definition) is 4. The highest BCUT2D eigenvalue weighted by molar-refractivity contribution is 6.29. The van der Waals surface area contributed by atoms with Crippen LogP contribution in [0, 0.1) is 17.0 Å². The topological polar surface area (TPSA) is 85.1 Å². The average molecular weight is 292 g/mol. The van der Waals surface area contributed by atoms with Crippen molar-refractivity contribution in [2.24, 2.45) is 0 Å². The Hall–Kier alpha value is -2.47. The van der Waals surface area contributed by atoms with E-state index in [9.17, 15) is 14.9 Å². The van der Waals surface area contributed by atoms with Gasteiger partial charge in [0, 0.05) is 6.07 Å². The van der Waals surface area contributed by atoms with Crippen molar-refractivity contribution in [1.82, 2.24) is 4.98 Å². The first-order valence-electron chi connectivity index (χ1n) is 5.67. The molecule has 1 N–H and O–H groups in total. The number of carbonyl (C=O) groups is 1. The largest absolute Gasteiger partial charge is 0.320 e. The summed E-state index contributed by atoms with van der Waals surface area (Å²) in [5, 5.41) is 13.8. The molecule has 0 spiro atoms. The first-order chi connectivity index (χ1) is 9.49. The van der Waals surface area contributed by atoms with E-state index in [1.807, 2.05) is 0 Å². The predicted octanol–water partition coefficient (Wildman–Crippen LogP) is 3.20. The van der Waals surface area contributed by atoms with Gasteiger partial charge in [-0.25, -0.2) is 4.98 Å². The smallest absolute Gasteiger partial charge is 0.282 e. The number of para-hydroxylation sites is 1. The van der Waals surface area contributed by atoms with E-state index in [2.05, 4.69) is 10.3 Å². The fraction of sp³-hybridized carbons (Fsp3) is 0.0769. The van der Waals surface area contributed by atoms with Crippen molar-refractivity contribution in [2.75, 3.05) is 5.32 Å². The standard InChI is InChI=1S/C13H10ClN3O3/c1-8-10(6-7-12(14)15-8)16-13(18)9-4-2-3-5-11(9)17(19)20/h2-7H,1H3,(H,16,18). The molecule has 0 fully saturated rings. The normalized spacial score (nSPS) is 10.1. The third kappa shape index (κ3) is 2.92. The molecule has 0 radical (unpaired) electrons. The molecule has 0 aliphatic rings. The minimum absolute atomic E-state index is 0.00755. The number of nitrogens with one attached hydrogen (secondary N) is 1. The molecule has 2 rings (SSSR count). The van der Waals surface area contributed by atoms with Gasteiger partial charge < -0.3 is 5.32 Å². The number of aromatic nitrogens is 1. The van der Waals surface area contributed by atoms with Gasteiger partial charge in [-0.2, -0.15) is 0 Å². The second-order valence-corrected chi connectivity index (χ2v) is 4.38. The molecular weight excluding hydrogens is 282 g/mol. The molecule has 0 unspecified atom stereocenters. The van der Waals surface area contributed by atoms with Crippen molar-refractivity contribution in [3.05, 3.63) is 62.9 Å². The highest BCUT2D eigenvalue weighted by Crippen LogP contribution is 2.21. The fourth-order valence-corrected chi connectivity index (χ4v) is 1.87. The van der Waals surface area contributed by atoms with Crippen LogP contribution < -0.4 is 5.32 Å². The summed E-state index contributed by atoms with van der Waals surface area (Å²) in [6.07, 6.45) is 0. The number of amides is 1. The summed E-state index contributed by atoms with van der Waals surface area (Å²) >= 11 is 5.72. The number of anilines is 1. The highest BCUT2D eigenvalue weighted by atomic mass is 35.5. The molecule has 2 aromatic rings. The molecule has 1 aromatic heterocycles. The molecule has 0 atom stereocenters. The number of carbonyl (C=O) groups excluding carboxylic acids is 1. The molecule has 6 nitrogen and oxygen atoms in total. The van der Waals surface area contributed by atoms with Gasteiger partial charge in [0.05, 0.1) is 16.3 Å². The summed E-state index contributed by atoms with van der Waals surface area (Å²) in [6.45, 7) is 1.68. The Morgan fingerprint density at radius 1 is 1.30 bits per heavy atom. The number of nitro groups is 1. The highest BCUT2D eigenvalue weighted by Gasteiger charge is 2.19. The molecular formula is C13H10ClN3O3. The van der Waals surface area contributed by atoms with Crippen LogP contribution in [0.1, 0.15) is 16.1 Å². The molecule has 20 heavy (non-hydrogen) atoms. The molecule has 1 aromatic carbocycles. The van der Waals surface area contributed by atoms with Crippen molar-refractivity contribution in [2.45, 2.75) is 6.92 Å². The third-order valence-electron chi connectivity index (χ3n) is 2.65. The van der Waals surface area contributed by atoms with Crippen molar-refractivity contribution in [1.29, 1.82) is 0 Å². The maximum Gasteiger partial charge on any atom is 0.282 e. The van der Waals surface area contributed by atoms with Crippen LogP contribution in [0.4, 0.5) is 11.4 Å². The number of nitrogens with zero attached hydrogens (tertiary/aromatic N) is 2. The zero-order valence-electron chi connectivity index (χ0n) is 10.5. The lowest BCUT2D eigenvalue weighted by atomic mass is 10.1. The molecule has 0 aliphatic heterocycles. The van der Waals surface area contributed by atoms with Gasteiger partial charge in [0.1, 0.15) is 10.7 Å². The number of aryl methyl sites for hydroxylation is 1. The van der Waals surface area contributed by atoms with Crippen LogP contribution >= 0.6 is 11.6 Å². The van der Waals surface area contributed by atoms with E-state index in [1.54, 1.807) is 19.1 Å². The summed E-state index contributed by atoms with van der Waals surface area (Å²) in [7, 11) is 0. The van der Waals surface area contributed by atoms with Gasteiger partial charge >= 0.3 is 0 Å². The maximum absolute atomic E-state index is 12.1. The van der Waals surface area contributed by atoms with E-state index < -0.39 is 10.8 Å².